The third-order valence-electron chi connectivity index (χ3n) is 4.16. The molecule has 0 atom stereocenters. The zero-order valence-electron chi connectivity index (χ0n) is 13.4. The summed E-state index contributed by atoms with van der Waals surface area (Å²) < 4.78 is 11.4. The molecule has 2 N–H and O–H groups in total. The van der Waals surface area contributed by atoms with E-state index in [1.165, 1.54) is 6.07 Å². The van der Waals surface area contributed by atoms with Crippen molar-refractivity contribution in [2.75, 3.05) is 0 Å². The van der Waals surface area contributed by atoms with E-state index < -0.39 is 0 Å². The number of rotatable bonds is 2. The number of nitrogens with zero attached hydrogens (tertiary/aromatic N) is 2. The maximum atomic E-state index is 10.3. The highest BCUT2D eigenvalue weighted by molar-refractivity contribution is 5.82. The normalized spacial score (nSPS) is 11.4. The molecule has 0 unspecified atom stereocenters. The molecule has 6 nitrogen and oxygen atoms in total. The first-order chi connectivity index (χ1) is 12.7. The molecule has 5 rings (SSSR count). The molecule has 2 aromatic heterocycles. The molecule has 0 aliphatic rings. The van der Waals surface area contributed by atoms with Crippen LogP contribution in [0.25, 0.3) is 45.1 Å². The topological polar surface area (TPSA) is 92.5 Å². The van der Waals surface area contributed by atoms with E-state index in [9.17, 15) is 10.2 Å². The van der Waals surface area contributed by atoms with Gasteiger partial charge in [0.15, 0.2) is 11.2 Å². The Bertz CT molecular complexity index is 1110. The lowest BCUT2D eigenvalue weighted by Crippen LogP contribution is -1.84. The molecule has 0 spiro atoms. The number of phenols is 2. The average Bonchev–Trinajstić information content (AvgIpc) is 3.25. The summed E-state index contributed by atoms with van der Waals surface area (Å²) in [4.78, 5) is 8.78. The molecule has 3 aromatic carbocycles. The van der Waals surface area contributed by atoms with Crippen molar-refractivity contribution in [2.45, 2.75) is 0 Å². The lowest BCUT2D eigenvalue weighted by Gasteiger charge is -2.05. The van der Waals surface area contributed by atoms with Crippen LogP contribution < -0.4 is 0 Å². The lowest BCUT2D eigenvalue weighted by molar-refractivity contribution is 0.450. The minimum Gasteiger partial charge on any atom is -0.507 e. The van der Waals surface area contributed by atoms with E-state index in [0.29, 0.717) is 33.3 Å². The largest absolute Gasteiger partial charge is 0.507 e. The third-order valence-corrected chi connectivity index (χ3v) is 4.16. The van der Waals surface area contributed by atoms with Gasteiger partial charge < -0.3 is 19.0 Å². The van der Waals surface area contributed by atoms with E-state index in [1.807, 2.05) is 36.4 Å². The van der Waals surface area contributed by atoms with Crippen LogP contribution >= 0.6 is 0 Å². The van der Waals surface area contributed by atoms with Gasteiger partial charge in [-0.1, -0.05) is 24.3 Å². The monoisotopic (exact) mass is 344 g/mol. The standard InChI is InChI=1S/C20H12N2O4/c23-15-10-16(24)12(20-22-14-6-2-4-8-18(14)26-20)9-11(15)19-21-13-5-1-3-7-17(13)25-19/h1-10,23-24H. The van der Waals surface area contributed by atoms with Crippen LogP contribution in [0.3, 0.4) is 0 Å². The van der Waals surface area contributed by atoms with Crippen molar-refractivity contribution >= 4 is 22.2 Å². The second-order valence-electron chi connectivity index (χ2n) is 5.86. The Morgan fingerprint density at radius 2 is 1.08 bits per heavy atom. The van der Waals surface area contributed by atoms with Crippen molar-refractivity contribution in [1.82, 2.24) is 9.97 Å². The Balaban J connectivity index is 1.70. The van der Waals surface area contributed by atoms with Gasteiger partial charge in [-0.3, -0.25) is 0 Å². The molecule has 0 amide bonds. The average molecular weight is 344 g/mol. The Morgan fingerprint density at radius 3 is 1.54 bits per heavy atom. The minimum atomic E-state index is -0.145. The molecule has 0 bridgehead atoms. The van der Waals surface area contributed by atoms with Crippen molar-refractivity contribution in [2.24, 2.45) is 0 Å². The van der Waals surface area contributed by atoms with E-state index in [2.05, 4.69) is 9.97 Å². The maximum absolute atomic E-state index is 10.3. The highest BCUT2D eigenvalue weighted by Crippen LogP contribution is 2.40. The number of hydrogen-bond donors (Lipinski definition) is 2. The molecule has 6 heteroatoms. The van der Waals surface area contributed by atoms with Gasteiger partial charge in [0.1, 0.15) is 22.5 Å². The van der Waals surface area contributed by atoms with Gasteiger partial charge in [-0.15, -0.1) is 0 Å². The zero-order valence-corrected chi connectivity index (χ0v) is 13.4. The van der Waals surface area contributed by atoms with Crippen LogP contribution in [0.15, 0.2) is 69.5 Å². The SMILES string of the molecule is Oc1cc(O)c(-c2nc3ccccc3o2)cc1-c1nc2ccccc2o1. The van der Waals surface area contributed by atoms with Gasteiger partial charge in [0.2, 0.25) is 11.8 Å². The molecule has 0 fully saturated rings. The fourth-order valence-electron chi connectivity index (χ4n) is 2.89. The molecular formula is C20H12N2O4. The van der Waals surface area contributed by atoms with Gasteiger partial charge in [-0.25, -0.2) is 9.97 Å². The van der Waals surface area contributed by atoms with Gasteiger partial charge in [-0.2, -0.15) is 0 Å². The molecule has 0 radical (unpaired) electrons. The van der Waals surface area contributed by atoms with Crippen LogP contribution in [0.2, 0.25) is 0 Å². The second kappa shape index (κ2) is 5.35. The molecule has 26 heavy (non-hydrogen) atoms. The summed E-state index contributed by atoms with van der Waals surface area (Å²) in [5.74, 6) is 0.213. The van der Waals surface area contributed by atoms with Crippen molar-refractivity contribution in [3.63, 3.8) is 0 Å². The van der Waals surface area contributed by atoms with E-state index in [0.717, 1.165) is 0 Å². The van der Waals surface area contributed by atoms with E-state index in [1.54, 1.807) is 18.2 Å². The Morgan fingerprint density at radius 1 is 0.615 bits per heavy atom. The number of phenolic OH excluding ortho intramolecular Hbond substituents is 2. The quantitative estimate of drug-likeness (QED) is 0.481. The van der Waals surface area contributed by atoms with Crippen LogP contribution in [0.4, 0.5) is 0 Å². The van der Waals surface area contributed by atoms with E-state index in [-0.39, 0.29) is 23.3 Å². The predicted octanol–water partition coefficient (Wildman–Crippen LogP) is 4.71. The van der Waals surface area contributed by atoms with Crippen LogP contribution in [0.5, 0.6) is 11.5 Å². The van der Waals surface area contributed by atoms with Gasteiger partial charge >= 0.3 is 0 Å². The first-order valence-corrected chi connectivity index (χ1v) is 7.97. The third kappa shape index (κ3) is 2.20. The molecule has 0 aliphatic heterocycles. The fraction of sp³-hybridized carbons (Fsp3) is 0. The van der Waals surface area contributed by atoms with Crippen LogP contribution in [0, 0.1) is 0 Å². The lowest BCUT2D eigenvalue weighted by atomic mass is 10.1. The highest BCUT2D eigenvalue weighted by Gasteiger charge is 2.19. The summed E-state index contributed by atoms with van der Waals surface area (Å²) in [6.07, 6.45) is 0. The molecule has 5 aromatic rings. The molecule has 126 valence electrons. The Hall–Kier alpha value is -3.80. The minimum absolute atomic E-state index is 0.145. The Kier molecular flexibility index (Phi) is 2.99. The summed E-state index contributed by atoms with van der Waals surface area (Å²) in [6, 6.07) is 17.4. The summed E-state index contributed by atoms with van der Waals surface area (Å²) in [6.45, 7) is 0. The molecule has 0 aliphatic carbocycles. The van der Waals surface area contributed by atoms with Crippen LogP contribution in [-0.4, -0.2) is 20.2 Å². The number of aromatic nitrogens is 2. The summed E-state index contributed by atoms with van der Waals surface area (Å²) in [5, 5.41) is 20.5. The van der Waals surface area contributed by atoms with Crippen molar-refractivity contribution in [3.8, 4) is 34.4 Å². The van der Waals surface area contributed by atoms with Gasteiger partial charge in [0.05, 0.1) is 11.1 Å². The number of para-hydroxylation sites is 4. The predicted molar refractivity (Wildman–Crippen MR) is 95.8 cm³/mol. The summed E-state index contributed by atoms with van der Waals surface area (Å²) >= 11 is 0. The number of oxazole rings is 2. The molecular weight excluding hydrogens is 332 g/mol. The maximum Gasteiger partial charge on any atom is 0.231 e. The first kappa shape index (κ1) is 14.5. The summed E-state index contributed by atoms with van der Waals surface area (Å²) in [5.41, 5.74) is 3.26. The van der Waals surface area contributed by atoms with Crippen LogP contribution in [0.1, 0.15) is 0 Å². The molecule has 2 heterocycles. The molecule has 0 saturated heterocycles. The fourth-order valence-corrected chi connectivity index (χ4v) is 2.89. The van der Waals surface area contributed by atoms with E-state index >= 15 is 0 Å². The highest BCUT2D eigenvalue weighted by atomic mass is 16.4. The number of fused-ring (bicyclic) bond motifs is 2. The van der Waals surface area contributed by atoms with E-state index in [4.69, 9.17) is 8.83 Å². The van der Waals surface area contributed by atoms with Crippen molar-refractivity contribution < 1.29 is 19.0 Å². The Labute approximate surface area is 147 Å². The second-order valence-corrected chi connectivity index (χ2v) is 5.86. The number of benzene rings is 3. The van der Waals surface area contributed by atoms with Gasteiger partial charge in [0.25, 0.3) is 0 Å². The zero-order chi connectivity index (χ0) is 17.7. The smallest absolute Gasteiger partial charge is 0.231 e. The van der Waals surface area contributed by atoms with Crippen molar-refractivity contribution in [1.29, 1.82) is 0 Å². The van der Waals surface area contributed by atoms with Crippen molar-refractivity contribution in [3.05, 3.63) is 60.7 Å². The first-order valence-electron chi connectivity index (χ1n) is 7.97. The molecule has 0 saturated carbocycles. The van der Waals surface area contributed by atoms with Crippen LogP contribution in [-0.2, 0) is 0 Å². The summed E-state index contributed by atoms with van der Waals surface area (Å²) in [7, 11) is 0. The number of aromatic hydroxyl groups is 2. The number of hydrogen-bond acceptors (Lipinski definition) is 6. The van der Waals surface area contributed by atoms with Gasteiger partial charge in [-0.05, 0) is 30.3 Å². The van der Waals surface area contributed by atoms with Gasteiger partial charge in [0, 0.05) is 6.07 Å².